The summed E-state index contributed by atoms with van der Waals surface area (Å²) in [5, 5.41) is 15.7. The Kier molecular flexibility index (Phi) is 7.47. The summed E-state index contributed by atoms with van der Waals surface area (Å²) in [5.41, 5.74) is 2.78. The third kappa shape index (κ3) is 6.09. The molecule has 7 heteroatoms. The predicted octanol–water partition coefficient (Wildman–Crippen LogP) is 4.10. The van der Waals surface area contributed by atoms with Crippen LogP contribution in [-0.4, -0.2) is 33.9 Å². The lowest BCUT2D eigenvalue weighted by atomic mass is 9.98. The fourth-order valence-electron chi connectivity index (χ4n) is 3.87. The van der Waals surface area contributed by atoms with Gasteiger partial charge in [-0.1, -0.05) is 78.9 Å². The Morgan fingerprint density at radius 2 is 1.40 bits per heavy atom. The lowest BCUT2D eigenvalue weighted by Gasteiger charge is -2.24. The van der Waals surface area contributed by atoms with E-state index in [2.05, 4.69) is 15.6 Å². The molecule has 0 bridgehead atoms. The Balaban J connectivity index is 1.57. The van der Waals surface area contributed by atoms with Gasteiger partial charge in [0.15, 0.2) is 0 Å². The van der Waals surface area contributed by atoms with Gasteiger partial charge in [-0.3, -0.25) is 19.4 Å². The van der Waals surface area contributed by atoms with Crippen molar-refractivity contribution in [3.8, 4) is 0 Å². The highest BCUT2D eigenvalue weighted by Gasteiger charge is 2.26. The zero-order valence-electron chi connectivity index (χ0n) is 18.9. The number of carboxylic acid groups (broad SMARTS) is 1. The smallest absolute Gasteiger partial charge is 0.303 e. The van der Waals surface area contributed by atoms with Gasteiger partial charge >= 0.3 is 5.97 Å². The number of carboxylic acids is 1. The van der Waals surface area contributed by atoms with Crippen molar-refractivity contribution < 1.29 is 19.5 Å². The van der Waals surface area contributed by atoms with E-state index in [0.29, 0.717) is 5.56 Å². The van der Waals surface area contributed by atoms with Crippen molar-refractivity contribution in [1.82, 2.24) is 15.6 Å². The third-order valence-corrected chi connectivity index (χ3v) is 5.67. The molecule has 0 fully saturated rings. The maximum atomic E-state index is 13.4. The molecule has 0 saturated heterocycles. The Labute approximate surface area is 202 Å². The Morgan fingerprint density at radius 1 is 0.800 bits per heavy atom. The molecule has 35 heavy (non-hydrogen) atoms. The molecule has 0 radical (unpaired) electrons. The van der Waals surface area contributed by atoms with Crippen LogP contribution >= 0.6 is 0 Å². The summed E-state index contributed by atoms with van der Waals surface area (Å²) in [6.07, 6.45) is 1.13. The van der Waals surface area contributed by atoms with Gasteiger partial charge in [0.05, 0.1) is 17.1 Å². The van der Waals surface area contributed by atoms with Crippen LogP contribution in [0.3, 0.4) is 0 Å². The second kappa shape index (κ2) is 11.1. The lowest BCUT2D eigenvalue weighted by molar-refractivity contribution is -0.137. The van der Waals surface area contributed by atoms with E-state index >= 15 is 0 Å². The summed E-state index contributed by atoms with van der Waals surface area (Å²) in [4.78, 5) is 41.9. The fraction of sp³-hybridized carbons (Fsp3) is 0.143. The van der Waals surface area contributed by atoms with E-state index < -0.39 is 29.9 Å². The van der Waals surface area contributed by atoms with E-state index in [1.807, 2.05) is 84.9 Å². The van der Waals surface area contributed by atoms with Gasteiger partial charge in [-0.05, 0) is 29.7 Å². The number of carbonyl (C=O) groups excluding carboxylic acids is 2. The largest absolute Gasteiger partial charge is 0.481 e. The maximum Gasteiger partial charge on any atom is 0.303 e. The molecule has 4 aromatic rings. The number of hydrogen-bond acceptors (Lipinski definition) is 4. The molecular formula is C28H25N3O4. The van der Waals surface area contributed by atoms with E-state index in [9.17, 15) is 19.5 Å². The van der Waals surface area contributed by atoms with Gasteiger partial charge in [0.2, 0.25) is 5.91 Å². The predicted molar refractivity (Wildman–Crippen MR) is 133 cm³/mol. The van der Waals surface area contributed by atoms with Crippen LogP contribution in [0.5, 0.6) is 0 Å². The van der Waals surface area contributed by atoms with Gasteiger partial charge in [0.1, 0.15) is 6.04 Å². The number of fused-ring (bicyclic) bond motifs is 1. The van der Waals surface area contributed by atoms with Crippen molar-refractivity contribution in [2.24, 2.45) is 0 Å². The van der Waals surface area contributed by atoms with Crippen LogP contribution < -0.4 is 10.6 Å². The van der Waals surface area contributed by atoms with Gasteiger partial charge in [0.25, 0.3) is 5.91 Å². The van der Waals surface area contributed by atoms with Gasteiger partial charge in [-0.15, -0.1) is 0 Å². The molecule has 3 N–H and O–H groups in total. The Morgan fingerprint density at radius 3 is 2.03 bits per heavy atom. The quantitative estimate of drug-likeness (QED) is 0.343. The van der Waals surface area contributed by atoms with Crippen LogP contribution in [0.15, 0.2) is 97.2 Å². The minimum absolute atomic E-state index is 0.0514. The van der Waals surface area contributed by atoms with Crippen LogP contribution in [0.4, 0.5) is 0 Å². The minimum Gasteiger partial charge on any atom is -0.481 e. The summed E-state index contributed by atoms with van der Waals surface area (Å²) in [7, 11) is 0. The standard InChI is InChI=1S/C28H25N3O4/c32-25(33)16-15-24(30-27(34)22-17-21-13-7-8-14-23(21)29-18-22)28(35)31-26(19-9-3-1-4-10-19)20-11-5-2-6-12-20/h1-14,17-18,24,26H,15-16H2,(H,30,34)(H,31,35)(H,32,33)/t24-/m0/s1. The number of benzene rings is 3. The lowest BCUT2D eigenvalue weighted by Crippen LogP contribution is -2.48. The van der Waals surface area contributed by atoms with Crippen molar-refractivity contribution in [3.05, 3.63) is 114 Å². The molecule has 0 aliphatic rings. The van der Waals surface area contributed by atoms with Crippen molar-refractivity contribution >= 4 is 28.7 Å². The molecule has 4 rings (SSSR count). The summed E-state index contributed by atoms with van der Waals surface area (Å²) in [6, 6.07) is 26.5. The first-order chi connectivity index (χ1) is 17.0. The molecule has 0 saturated carbocycles. The number of para-hydroxylation sites is 1. The molecule has 2 amide bonds. The van der Waals surface area contributed by atoms with Crippen LogP contribution in [0.1, 0.15) is 40.4 Å². The Bertz CT molecular complexity index is 1290. The number of hydrogen-bond donors (Lipinski definition) is 3. The molecule has 1 aromatic heterocycles. The molecule has 1 atom stereocenters. The molecule has 176 valence electrons. The van der Waals surface area contributed by atoms with Crippen molar-refractivity contribution in [3.63, 3.8) is 0 Å². The zero-order valence-corrected chi connectivity index (χ0v) is 18.9. The number of pyridine rings is 1. The normalized spacial score (nSPS) is 11.7. The first-order valence-corrected chi connectivity index (χ1v) is 11.3. The number of amides is 2. The van der Waals surface area contributed by atoms with Crippen LogP contribution in [0, 0.1) is 0 Å². The third-order valence-electron chi connectivity index (χ3n) is 5.67. The van der Waals surface area contributed by atoms with Crippen molar-refractivity contribution in [1.29, 1.82) is 0 Å². The molecule has 7 nitrogen and oxygen atoms in total. The Hall–Kier alpha value is -4.52. The number of nitrogens with zero attached hydrogens (tertiary/aromatic N) is 1. The highest BCUT2D eigenvalue weighted by molar-refractivity contribution is 5.99. The molecule has 1 heterocycles. The first-order valence-electron chi connectivity index (χ1n) is 11.3. The highest BCUT2D eigenvalue weighted by Crippen LogP contribution is 2.22. The molecule has 3 aromatic carbocycles. The number of carbonyl (C=O) groups is 3. The molecule has 0 spiro atoms. The number of rotatable bonds is 9. The highest BCUT2D eigenvalue weighted by atomic mass is 16.4. The first kappa shape index (κ1) is 23.6. The van der Waals surface area contributed by atoms with Gasteiger partial charge < -0.3 is 15.7 Å². The molecular weight excluding hydrogens is 442 g/mol. The molecule has 0 unspecified atom stereocenters. The van der Waals surface area contributed by atoms with E-state index in [1.54, 1.807) is 6.07 Å². The van der Waals surface area contributed by atoms with Gasteiger partial charge in [0, 0.05) is 18.0 Å². The van der Waals surface area contributed by atoms with E-state index in [4.69, 9.17) is 0 Å². The van der Waals surface area contributed by atoms with Crippen LogP contribution in [-0.2, 0) is 9.59 Å². The van der Waals surface area contributed by atoms with E-state index in [1.165, 1.54) is 6.20 Å². The summed E-state index contributed by atoms with van der Waals surface area (Å²) < 4.78 is 0. The topological polar surface area (TPSA) is 108 Å². The summed E-state index contributed by atoms with van der Waals surface area (Å²) in [5.74, 6) is -2.01. The number of aromatic nitrogens is 1. The average molecular weight is 468 g/mol. The average Bonchev–Trinajstić information content (AvgIpc) is 2.90. The van der Waals surface area contributed by atoms with Crippen molar-refractivity contribution in [2.75, 3.05) is 0 Å². The maximum absolute atomic E-state index is 13.4. The van der Waals surface area contributed by atoms with Crippen LogP contribution in [0.2, 0.25) is 0 Å². The molecule has 0 aliphatic carbocycles. The van der Waals surface area contributed by atoms with E-state index in [-0.39, 0.29) is 12.8 Å². The number of aliphatic carboxylic acids is 1. The second-order valence-electron chi connectivity index (χ2n) is 8.14. The minimum atomic E-state index is -1.05. The second-order valence-corrected chi connectivity index (χ2v) is 8.14. The monoisotopic (exact) mass is 467 g/mol. The SMILES string of the molecule is O=C(O)CC[C@H](NC(=O)c1cnc2ccccc2c1)C(=O)NC(c1ccccc1)c1ccccc1. The van der Waals surface area contributed by atoms with E-state index in [0.717, 1.165) is 22.0 Å². The van der Waals surface area contributed by atoms with Crippen molar-refractivity contribution in [2.45, 2.75) is 24.9 Å². The number of nitrogens with one attached hydrogen (secondary N) is 2. The van der Waals surface area contributed by atoms with Crippen LogP contribution in [0.25, 0.3) is 10.9 Å². The molecule has 0 aliphatic heterocycles. The fourth-order valence-corrected chi connectivity index (χ4v) is 3.87. The summed E-state index contributed by atoms with van der Waals surface area (Å²) >= 11 is 0. The van der Waals surface area contributed by atoms with Gasteiger partial charge in [-0.2, -0.15) is 0 Å². The summed E-state index contributed by atoms with van der Waals surface area (Å²) in [6.45, 7) is 0. The van der Waals surface area contributed by atoms with Gasteiger partial charge in [-0.25, -0.2) is 0 Å². The zero-order chi connectivity index (χ0) is 24.6.